The Bertz CT molecular complexity index is 1540. The Morgan fingerprint density at radius 2 is 1.80 bits per heavy atom. The summed E-state index contributed by atoms with van der Waals surface area (Å²) in [6.45, 7) is 11.2. The van der Waals surface area contributed by atoms with Gasteiger partial charge < -0.3 is 4.74 Å². The van der Waals surface area contributed by atoms with E-state index < -0.39 is 47.6 Å². The highest BCUT2D eigenvalue weighted by atomic mass is 79.9. The Hall–Kier alpha value is -2.35. The minimum atomic E-state index is -4.05. The number of halogens is 2. The van der Waals surface area contributed by atoms with Gasteiger partial charge in [0.25, 0.3) is 10.1 Å². The predicted octanol–water partition coefficient (Wildman–Crippen LogP) is 5.70. The SMILES string of the molecule is Cc1ccc(S(=O)(=O)OCCN=[S@]2(=O)C[C@@](C)(c3cc(Br)ccc3F)N=C(NC(=O)OC(C)(C)C)C2(C)C)cc1. The minimum absolute atomic E-state index is 0.00559. The average Bonchev–Trinajstić information content (AvgIpc) is 2.81. The number of alkyl carbamates (subject to hydrolysis) is 1. The Kier molecular flexibility index (Phi) is 9.25. The fourth-order valence-electron chi connectivity index (χ4n) is 4.06. The molecule has 2 aromatic rings. The molecule has 0 aliphatic carbocycles. The molecule has 1 amide bonds. The van der Waals surface area contributed by atoms with E-state index in [4.69, 9.17) is 13.9 Å². The van der Waals surface area contributed by atoms with Crippen LogP contribution in [0.5, 0.6) is 0 Å². The van der Waals surface area contributed by atoms with Gasteiger partial charge in [-0.3, -0.25) is 14.5 Å². The van der Waals surface area contributed by atoms with Crippen molar-refractivity contribution >= 4 is 47.7 Å². The summed E-state index contributed by atoms with van der Waals surface area (Å²) in [5.74, 6) is -0.748. The molecule has 9 nitrogen and oxygen atoms in total. The second kappa shape index (κ2) is 11.5. The van der Waals surface area contributed by atoms with E-state index in [9.17, 15) is 17.4 Å². The van der Waals surface area contributed by atoms with Gasteiger partial charge in [-0.15, -0.1) is 0 Å². The van der Waals surface area contributed by atoms with Crippen molar-refractivity contribution in [2.24, 2.45) is 9.36 Å². The molecule has 0 unspecified atom stereocenters. The molecule has 2 atom stereocenters. The number of benzene rings is 2. The molecule has 1 aliphatic heterocycles. The summed E-state index contributed by atoms with van der Waals surface area (Å²) in [5, 5.41) is 2.61. The fourth-order valence-corrected chi connectivity index (χ4v) is 7.85. The van der Waals surface area contributed by atoms with E-state index in [1.165, 1.54) is 24.3 Å². The number of rotatable bonds is 6. The monoisotopic (exact) mass is 659 g/mol. The molecule has 0 spiro atoms. The van der Waals surface area contributed by atoms with Gasteiger partial charge in [-0.25, -0.2) is 17.8 Å². The molecule has 2 aromatic carbocycles. The van der Waals surface area contributed by atoms with Gasteiger partial charge in [0.2, 0.25) is 0 Å². The average molecular weight is 661 g/mol. The van der Waals surface area contributed by atoms with E-state index in [0.29, 0.717) is 4.47 Å². The third kappa shape index (κ3) is 7.29. The summed E-state index contributed by atoms with van der Waals surface area (Å²) < 4.78 is 69.0. The molecule has 0 fully saturated rings. The number of ether oxygens (including phenoxy) is 1. The van der Waals surface area contributed by atoms with Gasteiger partial charge in [-0.1, -0.05) is 33.6 Å². The van der Waals surface area contributed by atoms with Gasteiger partial charge in [-0.2, -0.15) is 8.42 Å². The zero-order chi connectivity index (χ0) is 30.1. The molecule has 0 bridgehead atoms. The van der Waals surface area contributed by atoms with E-state index in [2.05, 4.69) is 25.6 Å². The Labute approximate surface area is 244 Å². The zero-order valence-electron chi connectivity index (χ0n) is 23.6. The maximum Gasteiger partial charge on any atom is 0.413 e. The Morgan fingerprint density at radius 1 is 1.18 bits per heavy atom. The van der Waals surface area contributed by atoms with Crippen molar-refractivity contribution in [2.45, 2.75) is 69.2 Å². The number of carbonyl (C=O) groups is 1. The topological polar surface area (TPSA) is 123 Å². The first kappa shape index (κ1) is 32.2. The van der Waals surface area contributed by atoms with Crippen molar-refractivity contribution < 1.29 is 30.7 Å². The van der Waals surface area contributed by atoms with Crippen LogP contribution in [0, 0.1) is 12.7 Å². The van der Waals surface area contributed by atoms with E-state index in [1.807, 2.05) is 6.92 Å². The molecule has 1 N–H and O–H groups in total. The Balaban J connectivity index is 1.99. The lowest BCUT2D eigenvalue weighted by molar-refractivity contribution is 0.0560. The van der Waals surface area contributed by atoms with Gasteiger partial charge >= 0.3 is 6.09 Å². The molecular formula is C27H35BrFN3O6S2. The summed E-state index contributed by atoms with van der Waals surface area (Å²) in [5.41, 5.74) is -1.15. The highest BCUT2D eigenvalue weighted by molar-refractivity contribution is 9.10. The summed E-state index contributed by atoms with van der Waals surface area (Å²) >= 11 is 3.35. The third-order valence-corrected chi connectivity index (χ3v) is 11.4. The van der Waals surface area contributed by atoms with Gasteiger partial charge in [-0.05, 0) is 78.8 Å². The van der Waals surface area contributed by atoms with Crippen LogP contribution in [0.3, 0.4) is 0 Å². The fraction of sp³-hybridized carbons (Fsp3) is 0.481. The first-order valence-corrected chi connectivity index (χ1v) is 16.4. The number of amidine groups is 1. The van der Waals surface area contributed by atoms with E-state index in [1.54, 1.807) is 59.7 Å². The third-order valence-electron chi connectivity index (χ3n) is 6.27. The molecule has 1 heterocycles. The minimum Gasteiger partial charge on any atom is -0.444 e. The second-order valence-electron chi connectivity index (χ2n) is 11.2. The lowest BCUT2D eigenvalue weighted by Crippen LogP contribution is -2.58. The Morgan fingerprint density at radius 3 is 2.40 bits per heavy atom. The van der Waals surface area contributed by atoms with Crippen molar-refractivity contribution in [2.75, 3.05) is 18.9 Å². The molecule has 1 aliphatic rings. The van der Waals surface area contributed by atoms with Crippen LogP contribution in [0.15, 0.2) is 61.2 Å². The standard InChI is InChI=1S/C27H35BrFN3O6S2/c1-18-8-11-20(12-9-18)40(35,36)37-15-14-30-39(34)17-27(7,21-16-19(28)10-13-22(21)29)32-23(26(39,5)6)31-24(33)38-25(2,3)4/h8-13,16H,14-15,17H2,1-7H3,(H,31,32,33)/t27-,39-/m0/s1. The van der Waals surface area contributed by atoms with Crippen molar-refractivity contribution in [3.05, 3.63) is 63.9 Å². The van der Waals surface area contributed by atoms with Crippen molar-refractivity contribution in [1.29, 1.82) is 0 Å². The molecule has 220 valence electrons. The second-order valence-corrected chi connectivity index (χ2v) is 16.6. The highest BCUT2D eigenvalue weighted by Gasteiger charge is 2.49. The van der Waals surface area contributed by atoms with E-state index in [0.717, 1.165) is 5.56 Å². The van der Waals surface area contributed by atoms with Crippen LogP contribution in [0.25, 0.3) is 0 Å². The van der Waals surface area contributed by atoms with Crippen LogP contribution in [0.1, 0.15) is 52.7 Å². The molecule has 0 radical (unpaired) electrons. The van der Waals surface area contributed by atoms with E-state index in [-0.39, 0.29) is 35.2 Å². The maximum absolute atomic E-state index is 15.1. The number of amides is 1. The molecular weight excluding hydrogens is 625 g/mol. The molecule has 40 heavy (non-hydrogen) atoms. The van der Waals surface area contributed by atoms with Crippen LogP contribution in [-0.2, 0) is 34.3 Å². The summed E-state index contributed by atoms with van der Waals surface area (Å²) in [4.78, 5) is 17.4. The van der Waals surface area contributed by atoms with Crippen LogP contribution < -0.4 is 5.32 Å². The van der Waals surface area contributed by atoms with Crippen molar-refractivity contribution in [3.63, 3.8) is 0 Å². The molecule has 0 saturated heterocycles. The van der Waals surface area contributed by atoms with Crippen molar-refractivity contribution in [1.82, 2.24) is 5.32 Å². The maximum atomic E-state index is 15.1. The van der Waals surface area contributed by atoms with E-state index >= 15 is 4.39 Å². The smallest absolute Gasteiger partial charge is 0.413 e. The zero-order valence-corrected chi connectivity index (χ0v) is 26.8. The summed E-state index contributed by atoms with van der Waals surface area (Å²) in [7, 11) is -7.37. The van der Waals surface area contributed by atoms with Gasteiger partial charge in [0, 0.05) is 10.0 Å². The molecule has 0 aromatic heterocycles. The van der Waals surface area contributed by atoms with Gasteiger partial charge in [0.15, 0.2) is 0 Å². The number of aryl methyl sites for hydroxylation is 1. The number of nitrogens with one attached hydrogen (secondary N) is 1. The molecule has 13 heteroatoms. The number of carbonyl (C=O) groups excluding carboxylic acids is 1. The molecule has 3 rings (SSSR count). The summed E-state index contributed by atoms with van der Waals surface area (Å²) in [6, 6.07) is 10.5. The highest BCUT2D eigenvalue weighted by Crippen LogP contribution is 2.40. The lowest BCUT2D eigenvalue weighted by atomic mass is 9.93. The largest absolute Gasteiger partial charge is 0.444 e. The molecule has 0 saturated carbocycles. The van der Waals surface area contributed by atoms with Crippen LogP contribution in [0.4, 0.5) is 9.18 Å². The van der Waals surface area contributed by atoms with Crippen LogP contribution in [-0.4, -0.2) is 53.8 Å². The summed E-state index contributed by atoms with van der Waals surface area (Å²) in [6.07, 6.45) is -0.812. The first-order chi connectivity index (χ1) is 18.3. The van der Waals surface area contributed by atoms with Crippen LogP contribution in [0.2, 0.25) is 0 Å². The predicted molar refractivity (Wildman–Crippen MR) is 157 cm³/mol. The normalized spacial score (nSPS) is 22.8. The quantitative estimate of drug-likeness (QED) is 0.313. The van der Waals surface area contributed by atoms with Crippen LogP contribution >= 0.6 is 15.9 Å². The number of hydrogen-bond acceptors (Lipinski definition) is 8. The van der Waals surface area contributed by atoms with Gasteiger partial charge in [0.05, 0.1) is 33.5 Å². The number of aliphatic imine (C=N–C) groups is 1. The lowest BCUT2D eigenvalue weighted by Gasteiger charge is -2.42. The first-order valence-electron chi connectivity index (χ1n) is 12.5. The van der Waals surface area contributed by atoms with Crippen molar-refractivity contribution in [3.8, 4) is 0 Å². The van der Waals surface area contributed by atoms with Gasteiger partial charge in [0.1, 0.15) is 27.5 Å². The number of hydrogen-bond donors (Lipinski definition) is 1. The number of nitrogens with zero attached hydrogens (tertiary/aromatic N) is 2.